The molecular weight excluding hydrogens is 2550 g/mol. The van der Waals surface area contributed by atoms with Crippen molar-refractivity contribution in [1.82, 2.24) is 0 Å². The first-order chi connectivity index (χ1) is 55.9. The number of hydrogen-bond donors (Lipinski definition) is 18. The van der Waals surface area contributed by atoms with E-state index in [1.165, 1.54) is 41.5 Å². The van der Waals surface area contributed by atoms with Crippen molar-refractivity contribution in [3.63, 3.8) is 0 Å². The first kappa shape index (κ1) is 109. The number of halogens is 12. The van der Waals surface area contributed by atoms with Crippen molar-refractivity contribution in [2.75, 3.05) is 87.0 Å². The van der Waals surface area contributed by atoms with Crippen LogP contribution in [-0.4, -0.2) is 106 Å². The van der Waals surface area contributed by atoms with E-state index in [0.717, 1.165) is 34.2 Å². The van der Waals surface area contributed by atoms with Crippen LogP contribution in [0, 0.1) is 50.2 Å². The third-order valence-electron chi connectivity index (χ3n) is 15.7. The Labute approximate surface area is 827 Å². The number of fused-ring (bicyclic) bond motifs is 2. The van der Waals surface area contributed by atoms with Gasteiger partial charge < -0.3 is 97.0 Å². The highest BCUT2D eigenvalue weighted by molar-refractivity contribution is 14.1. The van der Waals surface area contributed by atoms with Crippen LogP contribution in [0.4, 0.5) is 95.8 Å². The van der Waals surface area contributed by atoms with Crippen LogP contribution in [0.5, 0.6) is 0 Å². The number of carbonyl (C=O) groups is 13. The van der Waals surface area contributed by atoms with Crippen molar-refractivity contribution in [3.8, 4) is 0 Å². The molecule has 121 heavy (non-hydrogen) atoms. The second-order valence-electron chi connectivity index (χ2n) is 27.1. The maximum absolute atomic E-state index is 13.0. The zero-order chi connectivity index (χ0) is 92.3. The number of nitrogen functional groups attached to an aromatic ring is 5. The van der Waals surface area contributed by atoms with Gasteiger partial charge in [-0.25, -0.2) is 0 Å². The summed E-state index contributed by atoms with van der Waals surface area (Å²) in [7, 11) is 3.78. The monoisotopic (exact) mass is 2630 g/mol. The molecule has 0 aromatic heterocycles. The Bertz CT molecular complexity index is 5090. The van der Waals surface area contributed by atoms with E-state index in [9.17, 15) is 67.4 Å². The Balaban J connectivity index is 0.000000390. The Morgan fingerprint density at radius 2 is 0.636 bits per heavy atom. The molecule has 0 saturated carbocycles. The Morgan fingerprint density at radius 3 is 0.950 bits per heavy atom. The Hall–Kier alpha value is -6.62. The largest absolute Gasteiger partial charge is 0.433 e. The molecule has 0 atom stereocenters. The van der Waals surface area contributed by atoms with E-state index in [4.69, 9.17) is 64.7 Å². The van der Waals surface area contributed by atoms with Gasteiger partial charge in [-0.2, -0.15) is 0 Å². The molecule has 0 bridgehead atoms. The number of nitrogens with one attached hydrogen (secondary N) is 11. The third-order valence-corrected chi connectivity index (χ3v) is 22.5. The number of amides is 9. The summed E-state index contributed by atoms with van der Waals surface area (Å²) in [6, 6.07) is 41.9. The fourth-order valence-corrected chi connectivity index (χ4v) is 12.6. The predicted octanol–water partition coefficient (Wildman–Crippen LogP) is 15.7. The van der Waals surface area contributed by atoms with Crippen molar-refractivity contribution in [2.24, 2.45) is 21.7 Å². The average Bonchev–Trinajstić information content (AvgIpc) is 1.74. The summed E-state index contributed by atoms with van der Waals surface area (Å²) in [6.45, 7) is 15.0. The van der Waals surface area contributed by atoms with Crippen molar-refractivity contribution in [2.45, 2.75) is 69.0 Å². The van der Waals surface area contributed by atoms with Crippen LogP contribution in [-0.2, 0) is 57.5 Å². The molecule has 640 valence electrons. The van der Waals surface area contributed by atoms with Gasteiger partial charge in [-0.15, -0.1) is 0 Å². The number of benzene rings is 8. The first-order valence-corrected chi connectivity index (χ1v) is 44.4. The van der Waals surface area contributed by atoms with Crippen LogP contribution >= 0.6 is 227 Å². The summed E-state index contributed by atoms with van der Waals surface area (Å²) in [5.41, 5.74) is 30.2. The van der Waals surface area contributed by atoms with Gasteiger partial charge in [0.25, 0.3) is 0 Å². The molecule has 0 spiro atoms. The van der Waals surface area contributed by atoms with Gasteiger partial charge in [-0.1, -0.05) is 0 Å². The molecule has 0 saturated heterocycles. The van der Waals surface area contributed by atoms with Crippen molar-refractivity contribution in [3.05, 3.63) is 174 Å². The standard InChI is InChI=1S/C19H20B2I2N4O4.C19H16I2N4O4.C17H18I2N4O2.C7H10BIN2O.C6H7IN2.C5H6Cl2O2.C2Cl2O2/c1-19(2,16(28)24-14-8-10(22)4-6-12(14)26-18(20)30)17(29)25-15-9-11(23)5-7-13(15)27-21(3)31;1-19(2)17(28)24-13-7-9(20)3-5-11(13)22-15(26)16(27)23-12-6-4-10(21)8-14(12)25-18(19)29;1-17(2,15(24)22-13-7-9(18)3-5-11(13)20)16(25)23-14-8-10(19)4-6-12(14)21;1-8(12)11-7-3-2-5(9)4-6(7)10;7-4-1-2-5(8)6(9)3-4;1-5(2,3(6)8)4(7)9;3-1(5)2(4)6/h4-9,27,31H,1-3H3,(H,24,28)(H,25,29)(H,26,30);3-8H,1-2H3,(H,22,26)(H,23,27)(H,24,28)(H,25,29);3-8H,20-21H2,1-2H3,(H,22,24)(H,23,25);2-4,11-12H,10H2,1H3;1-3H,8-9H2;1-2H3;. The topological polar surface area (TPSA) is 525 Å². The lowest BCUT2D eigenvalue weighted by molar-refractivity contribution is -0.136. The van der Waals surface area contributed by atoms with E-state index in [1.807, 2.05) is 48.5 Å². The molecule has 1 heterocycles. The zero-order valence-electron chi connectivity index (χ0n) is 65.2. The smallest absolute Gasteiger partial charge is 0.406 e. The number of hydrogen-bond acceptors (Lipinski definition) is 22. The summed E-state index contributed by atoms with van der Waals surface area (Å²) < 4.78 is 7.33. The van der Waals surface area contributed by atoms with Crippen LogP contribution in [0.25, 0.3) is 0 Å². The van der Waals surface area contributed by atoms with Gasteiger partial charge in [-0.05, 0) is 442 Å². The van der Waals surface area contributed by atoms with E-state index < -0.39 is 110 Å². The summed E-state index contributed by atoms with van der Waals surface area (Å²) in [4.78, 5) is 153. The van der Waals surface area contributed by atoms with Gasteiger partial charge in [0.2, 0.25) is 53.8 Å². The van der Waals surface area contributed by atoms with E-state index >= 15 is 0 Å². The van der Waals surface area contributed by atoms with Crippen molar-refractivity contribution < 1.29 is 72.4 Å². The van der Waals surface area contributed by atoms with Gasteiger partial charge in [0.15, 0.2) is 5.81 Å². The van der Waals surface area contributed by atoms with E-state index in [1.54, 1.807) is 125 Å². The summed E-state index contributed by atoms with van der Waals surface area (Å²) in [6.07, 6.45) is 0. The molecule has 8 aromatic rings. The average molecular weight is 2630 g/mol. The van der Waals surface area contributed by atoms with Crippen LogP contribution in [0.1, 0.15) is 55.4 Å². The molecular formula is C75H77B3Cl4I8N16O15. The number of nitrogens with two attached hydrogens (primary N) is 5. The van der Waals surface area contributed by atoms with Crippen LogP contribution in [0.3, 0.4) is 0 Å². The number of rotatable bonds is 16. The quantitative estimate of drug-likeness (QED) is 0.0107. The molecule has 2 radical (unpaired) electrons. The highest BCUT2D eigenvalue weighted by Crippen LogP contribution is 2.35. The fourth-order valence-electron chi connectivity index (χ4n) is 8.42. The van der Waals surface area contributed by atoms with Gasteiger partial charge in [0, 0.05) is 39.9 Å². The highest BCUT2D eigenvalue weighted by Gasteiger charge is 2.40. The second kappa shape index (κ2) is 49.9. The second-order valence-corrected chi connectivity index (χ2v) is 38.4. The minimum atomic E-state index is -1.46. The highest BCUT2D eigenvalue weighted by atomic mass is 127. The summed E-state index contributed by atoms with van der Waals surface area (Å²) in [5.74, 6) is -5.73. The summed E-state index contributed by atoms with van der Waals surface area (Å²) in [5, 5.41) is 44.3. The maximum atomic E-state index is 13.0. The lowest BCUT2D eigenvalue weighted by Crippen LogP contribution is -2.42. The number of anilines is 16. The predicted molar refractivity (Wildman–Crippen MR) is 553 cm³/mol. The molecule has 8 aromatic carbocycles. The van der Waals surface area contributed by atoms with Crippen molar-refractivity contribution in [1.29, 1.82) is 0 Å². The van der Waals surface area contributed by atoms with E-state index in [2.05, 4.69) is 262 Å². The molecule has 46 heteroatoms. The molecule has 0 unspecified atom stereocenters. The van der Waals surface area contributed by atoms with Gasteiger partial charge in [0.05, 0.1) is 79.6 Å². The lowest BCUT2D eigenvalue weighted by atomic mass is 9.88. The van der Waals surface area contributed by atoms with Crippen LogP contribution < -0.4 is 87.0 Å². The number of carbonyl (C=O) groups excluding carboxylic acids is 13. The lowest BCUT2D eigenvalue weighted by Gasteiger charge is -2.24. The molecule has 23 N–H and O–H groups in total. The van der Waals surface area contributed by atoms with Gasteiger partial charge >= 0.3 is 36.4 Å². The molecule has 0 fully saturated rings. The van der Waals surface area contributed by atoms with Crippen LogP contribution in [0.2, 0.25) is 13.6 Å². The Morgan fingerprint density at radius 1 is 0.355 bits per heavy atom. The molecule has 1 aliphatic heterocycles. The minimum Gasteiger partial charge on any atom is -0.433 e. The SMILES string of the molecule is CB(O)Nc1ccc(I)cc1N.CC(C)(C(=O)Cl)C(=O)Cl.CC(C)(C(=O)Nc1cc(I)ccc1N)C(=O)Nc1cc(I)ccc1N.CC1(C)C(=O)Nc2cc(I)ccc2NC(=O)C(=O)Nc2ccc(I)cc2NC1=O.Nc1ccc(I)cc1N.O=C(Cl)C(=O)Cl.[B]C(=O)Nc1ccc(I)cc1NC(=O)C(C)(C)C(=O)Nc1cc(I)ccc1NB(C)O. The first-order valence-electron chi connectivity index (χ1n) is 34.3. The minimum absolute atomic E-state index is 0.247. The van der Waals surface area contributed by atoms with Crippen molar-refractivity contribution >= 4 is 414 Å². The maximum Gasteiger partial charge on any atom is 0.406 e. The molecule has 9 rings (SSSR count). The zero-order valence-corrected chi connectivity index (χ0v) is 85.5. The third kappa shape index (κ3) is 36.1. The Kier molecular flexibility index (Phi) is 44.8. The molecule has 1 aliphatic rings. The van der Waals surface area contributed by atoms with E-state index in [-0.39, 0.29) is 22.7 Å². The molecule has 9 amide bonds. The molecule has 31 nitrogen and oxygen atoms in total. The van der Waals surface area contributed by atoms with E-state index in [0.29, 0.717) is 62.6 Å². The van der Waals surface area contributed by atoms with Gasteiger partial charge in [0.1, 0.15) is 21.7 Å². The van der Waals surface area contributed by atoms with Crippen LogP contribution in [0.15, 0.2) is 146 Å². The summed E-state index contributed by atoms with van der Waals surface area (Å²) >= 11 is 35.9. The fraction of sp³-hybridized carbons (Fsp3) is 0.187. The van der Waals surface area contributed by atoms with Gasteiger partial charge in [-0.3, -0.25) is 62.3 Å². The normalized spacial score (nSPS) is 11.9. The molecule has 0 aliphatic carbocycles.